The van der Waals surface area contributed by atoms with Gasteiger partial charge in [0.2, 0.25) is 0 Å². The first-order valence-corrected chi connectivity index (χ1v) is 4.93. The van der Waals surface area contributed by atoms with E-state index in [1.54, 1.807) is 0 Å². The Morgan fingerprint density at radius 3 is 2.75 bits per heavy atom. The van der Waals surface area contributed by atoms with E-state index in [1.165, 1.54) is 0 Å². The van der Waals surface area contributed by atoms with Crippen molar-refractivity contribution in [2.24, 2.45) is 0 Å². The van der Waals surface area contributed by atoms with Crippen molar-refractivity contribution in [2.45, 2.75) is 0 Å². The van der Waals surface area contributed by atoms with Gasteiger partial charge in [0.15, 0.2) is 18.1 Å². The molecule has 0 spiro atoms. The molecule has 0 radical (unpaired) electrons. The van der Waals surface area contributed by atoms with Crippen molar-refractivity contribution in [1.29, 1.82) is 0 Å². The van der Waals surface area contributed by atoms with Gasteiger partial charge in [0.1, 0.15) is 4.60 Å². The van der Waals surface area contributed by atoms with Gasteiger partial charge in [-0.3, -0.25) is 0 Å². The van der Waals surface area contributed by atoms with Crippen LogP contribution in [0.3, 0.4) is 0 Å². The highest BCUT2D eigenvalue weighted by molar-refractivity contribution is 9.11. The molecule has 0 atom stereocenters. The topological polar surface area (TPSA) is 30.2 Å². The van der Waals surface area contributed by atoms with Crippen molar-refractivity contribution in [3.63, 3.8) is 0 Å². The molecule has 2 aromatic heterocycles. The van der Waals surface area contributed by atoms with Crippen LogP contribution in [0.4, 0.5) is 0 Å². The third-order valence-electron chi connectivity index (χ3n) is 1.49. The summed E-state index contributed by atoms with van der Waals surface area (Å²) in [6.07, 6.45) is 3.83. The summed E-state index contributed by atoms with van der Waals surface area (Å²) in [4.78, 5) is 8.45. The van der Waals surface area contributed by atoms with Crippen molar-refractivity contribution in [1.82, 2.24) is 14.4 Å². The molecule has 0 bridgehead atoms. The second-order valence-corrected chi connectivity index (χ2v) is 4.03. The maximum atomic E-state index is 4.29. The fraction of sp³-hybridized carbons (Fsp3) is 0. The lowest BCUT2D eigenvalue weighted by Gasteiger charge is -1.95. The number of hydrogen-bond donors (Lipinski definition) is 0. The molecule has 0 fully saturated rings. The highest BCUT2D eigenvalue weighted by atomic mass is 79.9. The summed E-state index contributed by atoms with van der Waals surface area (Å²) in [5, 5.41) is 0. The van der Waals surface area contributed by atoms with Gasteiger partial charge >= 0.3 is 0 Å². The molecule has 60 valence electrons. The van der Waals surface area contributed by atoms with Crippen LogP contribution in [0.5, 0.6) is 0 Å². The molecule has 2 aromatic rings. The minimum absolute atomic E-state index is 0.755. The maximum absolute atomic E-state index is 4.29. The minimum Gasteiger partial charge on any atom is -0.303 e. The van der Waals surface area contributed by atoms with Crippen molar-refractivity contribution < 1.29 is 0 Å². The molecule has 12 heavy (non-hydrogen) atoms. The quantitative estimate of drug-likeness (QED) is 0.662. The summed E-state index contributed by atoms with van der Waals surface area (Å²) in [6.45, 7) is 0. The van der Waals surface area contributed by atoms with Crippen LogP contribution < -0.4 is 5.59 Å². The Kier molecular flexibility index (Phi) is 1.96. The number of aromatic nitrogens is 3. The molecular weight excluding hydrogens is 285 g/mol. The first-order valence-electron chi connectivity index (χ1n) is 3.34. The van der Waals surface area contributed by atoms with E-state index in [2.05, 4.69) is 41.8 Å². The predicted molar refractivity (Wildman–Crippen MR) is 56.6 cm³/mol. The van der Waals surface area contributed by atoms with Crippen molar-refractivity contribution in [2.75, 3.05) is 0 Å². The zero-order valence-electron chi connectivity index (χ0n) is 6.25. The van der Waals surface area contributed by atoms with Crippen LogP contribution in [-0.2, 0) is 0 Å². The summed E-state index contributed by atoms with van der Waals surface area (Å²) in [5.41, 5.74) is 1.83. The van der Waals surface area contributed by atoms with Gasteiger partial charge < -0.3 is 4.40 Å². The Morgan fingerprint density at radius 1 is 1.25 bits per heavy atom. The molecule has 0 aliphatic heterocycles. The van der Waals surface area contributed by atoms with Crippen LogP contribution in [0.15, 0.2) is 21.6 Å². The Labute approximate surface area is 86.9 Å². The second kappa shape index (κ2) is 2.85. The summed E-state index contributed by atoms with van der Waals surface area (Å²) < 4.78 is 3.47. The first kappa shape index (κ1) is 8.25. The molecule has 0 saturated carbocycles. The molecule has 0 unspecified atom stereocenters. The lowest BCUT2D eigenvalue weighted by molar-refractivity contribution is 1.08. The fourth-order valence-corrected chi connectivity index (χ4v) is 2.17. The number of nitrogens with zero attached hydrogens (tertiary/aromatic N) is 3. The maximum Gasteiger partial charge on any atom is 0.169 e. The Bertz CT molecular complexity index is 440. The summed E-state index contributed by atoms with van der Waals surface area (Å²) in [5.74, 6) is 0. The third kappa shape index (κ3) is 1.29. The lowest BCUT2D eigenvalue weighted by Crippen LogP contribution is -1.99. The second-order valence-electron chi connectivity index (χ2n) is 2.47. The lowest BCUT2D eigenvalue weighted by atomic mass is 10.1. The molecule has 2 rings (SSSR count). The van der Waals surface area contributed by atoms with Gasteiger partial charge in [-0.1, -0.05) is 0 Å². The number of hydrogen-bond acceptors (Lipinski definition) is 2. The monoisotopic (exact) mass is 287 g/mol. The van der Waals surface area contributed by atoms with E-state index >= 15 is 0 Å². The Balaban J connectivity index is 2.88. The molecule has 0 saturated heterocycles. The minimum atomic E-state index is 0.755. The van der Waals surface area contributed by atoms with E-state index in [-0.39, 0.29) is 0 Å². The molecule has 6 heteroatoms. The average Bonchev–Trinajstić information content (AvgIpc) is 2.29. The van der Waals surface area contributed by atoms with Crippen LogP contribution in [0.2, 0.25) is 0 Å². The fourth-order valence-electron chi connectivity index (χ4n) is 1.05. The van der Waals surface area contributed by atoms with Crippen molar-refractivity contribution in [3.05, 3.63) is 21.6 Å². The van der Waals surface area contributed by atoms with Crippen LogP contribution in [-0.4, -0.2) is 22.2 Å². The average molecular weight is 289 g/mol. The molecule has 0 N–H and O–H groups in total. The number of halogens is 2. The van der Waals surface area contributed by atoms with E-state index in [1.807, 2.05) is 24.6 Å². The van der Waals surface area contributed by atoms with Gasteiger partial charge in [-0.15, -0.1) is 0 Å². The SMILES string of the molecule is Bc1cn2cc(Br)nc(Br)c2n1. The van der Waals surface area contributed by atoms with Crippen molar-refractivity contribution in [3.8, 4) is 0 Å². The highest BCUT2D eigenvalue weighted by Crippen LogP contribution is 2.16. The largest absolute Gasteiger partial charge is 0.303 e. The molecular formula is C6H4BBr2N3. The van der Waals surface area contributed by atoms with Crippen LogP contribution in [0.1, 0.15) is 0 Å². The van der Waals surface area contributed by atoms with E-state index in [4.69, 9.17) is 0 Å². The first-order chi connectivity index (χ1) is 5.66. The van der Waals surface area contributed by atoms with Gasteiger partial charge in [-0.25, -0.2) is 9.97 Å². The van der Waals surface area contributed by atoms with Crippen LogP contribution >= 0.6 is 31.9 Å². The predicted octanol–water partition coefficient (Wildman–Crippen LogP) is 0.513. The van der Waals surface area contributed by atoms with Crippen LogP contribution in [0, 0.1) is 0 Å². The van der Waals surface area contributed by atoms with Crippen LogP contribution in [0.25, 0.3) is 5.65 Å². The number of imidazole rings is 1. The standard InChI is InChI=1S/C6H4BBr2N3/c7-3-1-12-2-4(8)11-5(9)6(12)10-3/h1-2H,7H2. The zero-order chi connectivity index (χ0) is 8.72. The van der Waals surface area contributed by atoms with E-state index < -0.39 is 0 Å². The molecule has 3 nitrogen and oxygen atoms in total. The van der Waals surface area contributed by atoms with Gasteiger partial charge in [0, 0.05) is 18.0 Å². The van der Waals surface area contributed by atoms with E-state index in [0.29, 0.717) is 0 Å². The molecule has 0 aliphatic rings. The summed E-state index contributed by atoms with van der Waals surface area (Å²) in [7, 11) is 1.95. The summed E-state index contributed by atoms with van der Waals surface area (Å²) >= 11 is 6.64. The Hall–Kier alpha value is -0.355. The van der Waals surface area contributed by atoms with Gasteiger partial charge in [-0.2, -0.15) is 0 Å². The van der Waals surface area contributed by atoms with E-state index in [9.17, 15) is 0 Å². The highest BCUT2D eigenvalue weighted by Gasteiger charge is 2.03. The normalized spacial score (nSPS) is 10.8. The van der Waals surface area contributed by atoms with Gasteiger partial charge in [-0.05, 0) is 31.9 Å². The molecule has 0 aliphatic carbocycles. The van der Waals surface area contributed by atoms with Crippen molar-refractivity contribution >= 4 is 50.9 Å². The zero-order valence-corrected chi connectivity index (χ0v) is 9.42. The Morgan fingerprint density at radius 2 is 2.00 bits per heavy atom. The number of rotatable bonds is 0. The summed E-state index contributed by atoms with van der Waals surface area (Å²) in [6, 6.07) is 0. The smallest absolute Gasteiger partial charge is 0.169 e. The van der Waals surface area contributed by atoms with E-state index in [0.717, 1.165) is 20.4 Å². The molecule has 0 aromatic carbocycles. The van der Waals surface area contributed by atoms with Gasteiger partial charge in [0.25, 0.3) is 0 Å². The third-order valence-corrected chi connectivity index (χ3v) is 2.40. The molecule has 2 heterocycles. The van der Waals surface area contributed by atoms with Gasteiger partial charge in [0.05, 0.1) is 0 Å². The molecule has 0 amide bonds. The number of fused-ring (bicyclic) bond motifs is 1.